The molecule has 0 spiro atoms. The quantitative estimate of drug-likeness (QED) is 0.607. The molecule has 1 heterocycles. The van der Waals surface area contributed by atoms with Gasteiger partial charge in [0.2, 0.25) is 0 Å². The minimum Gasteiger partial charge on any atom is -0.479 e. The van der Waals surface area contributed by atoms with Gasteiger partial charge in [-0.2, -0.15) is 0 Å². The normalized spacial score (nSPS) is 14.7. The predicted octanol–water partition coefficient (Wildman–Crippen LogP) is 2.09. The molecule has 0 aromatic heterocycles. The SMILES string of the molecule is CC.CC(C)C1=COCN1. The number of hydrogen-bond donors (Lipinski definition) is 1. The lowest BCUT2D eigenvalue weighted by molar-refractivity contribution is 0.266. The molecule has 2 nitrogen and oxygen atoms in total. The molecule has 0 amide bonds. The Bertz CT molecular complexity index is 108. The number of hydrogen-bond acceptors (Lipinski definition) is 2. The predicted molar refractivity (Wildman–Crippen MR) is 43.4 cm³/mol. The van der Waals surface area contributed by atoms with Crippen molar-refractivity contribution in [2.75, 3.05) is 6.73 Å². The standard InChI is InChI=1S/C6H11NO.C2H6/c1-5(2)6-3-8-4-7-6;1-2/h3,5,7H,4H2,1-2H3;1-2H3. The van der Waals surface area contributed by atoms with Crippen molar-refractivity contribution in [2.24, 2.45) is 5.92 Å². The molecule has 0 bridgehead atoms. The Balaban J connectivity index is 0.000000371. The second-order valence-corrected chi connectivity index (χ2v) is 2.22. The maximum Gasteiger partial charge on any atom is 0.158 e. The molecule has 0 saturated carbocycles. The van der Waals surface area contributed by atoms with E-state index in [1.54, 1.807) is 6.26 Å². The van der Waals surface area contributed by atoms with Gasteiger partial charge in [-0.3, -0.25) is 0 Å². The average molecular weight is 143 g/mol. The Labute approximate surface area is 63.3 Å². The first-order chi connectivity index (χ1) is 4.80. The second kappa shape index (κ2) is 5.15. The molecular weight excluding hydrogens is 126 g/mol. The van der Waals surface area contributed by atoms with E-state index in [1.165, 1.54) is 5.70 Å². The Morgan fingerprint density at radius 2 is 2.10 bits per heavy atom. The third-order valence-electron chi connectivity index (χ3n) is 1.19. The number of allylic oxidation sites excluding steroid dienone is 1. The number of ether oxygens (including phenoxy) is 1. The van der Waals surface area contributed by atoms with Crippen LogP contribution in [0.4, 0.5) is 0 Å². The van der Waals surface area contributed by atoms with Crippen LogP contribution in [0, 0.1) is 5.92 Å². The third kappa shape index (κ3) is 2.76. The summed E-state index contributed by atoms with van der Waals surface area (Å²) in [5.41, 5.74) is 1.20. The van der Waals surface area contributed by atoms with Gasteiger partial charge in [-0.05, 0) is 5.92 Å². The Hall–Kier alpha value is -0.660. The third-order valence-corrected chi connectivity index (χ3v) is 1.19. The molecule has 0 fully saturated rings. The summed E-state index contributed by atoms with van der Waals surface area (Å²) >= 11 is 0. The van der Waals surface area contributed by atoms with E-state index in [-0.39, 0.29) is 0 Å². The fourth-order valence-electron chi connectivity index (χ4n) is 0.638. The van der Waals surface area contributed by atoms with Crippen molar-refractivity contribution in [2.45, 2.75) is 27.7 Å². The first-order valence-corrected chi connectivity index (χ1v) is 3.86. The first kappa shape index (κ1) is 9.34. The summed E-state index contributed by atoms with van der Waals surface area (Å²) in [6.45, 7) is 8.91. The van der Waals surface area contributed by atoms with Crippen LogP contribution in [0.5, 0.6) is 0 Å². The van der Waals surface area contributed by atoms with Crippen molar-refractivity contribution in [1.82, 2.24) is 5.32 Å². The van der Waals surface area contributed by atoms with Gasteiger partial charge >= 0.3 is 0 Å². The van der Waals surface area contributed by atoms with Crippen LogP contribution in [-0.4, -0.2) is 6.73 Å². The fraction of sp³-hybridized carbons (Fsp3) is 0.750. The highest BCUT2D eigenvalue weighted by atomic mass is 16.5. The van der Waals surface area contributed by atoms with E-state index in [1.807, 2.05) is 13.8 Å². The molecule has 2 heteroatoms. The van der Waals surface area contributed by atoms with E-state index in [4.69, 9.17) is 4.74 Å². The number of rotatable bonds is 1. The molecule has 0 atom stereocenters. The second-order valence-electron chi connectivity index (χ2n) is 2.22. The molecular formula is C8H17NO. The Morgan fingerprint density at radius 1 is 1.50 bits per heavy atom. The highest BCUT2D eigenvalue weighted by molar-refractivity contribution is 5.00. The van der Waals surface area contributed by atoms with Crippen LogP contribution in [0.1, 0.15) is 27.7 Å². The number of nitrogens with one attached hydrogen (secondary N) is 1. The molecule has 0 unspecified atom stereocenters. The van der Waals surface area contributed by atoms with Gasteiger partial charge in [-0.25, -0.2) is 0 Å². The maximum atomic E-state index is 4.95. The molecule has 0 radical (unpaired) electrons. The summed E-state index contributed by atoms with van der Waals surface area (Å²) in [6.07, 6.45) is 1.78. The van der Waals surface area contributed by atoms with Gasteiger partial charge in [0.25, 0.3) is 0 Å². The lowest BCUT2D eigenvalue weighted by Crippen LogP contribution is -2.11. The highest BCUT2D eigenvalue weighted by Crippen LogP contribution is 2.08. The van der Waals surface area contributed by atoms with Gasteiger partial charge in [0.05, 0.1) is 5.70 Å². The van der Waals surface area contributed by atoms with Crippen molar-refractivity contribution in [3.05, 3.63) is 12.0 Å². The summed E-state index contributed by atoms with van der Waals surface area (Å²) in [4.78, 5) is 0. The molecule has 1 rings (SSSR count). The van der Waals surface area contributed by atoms with Gasteiger partial charge in [-0.1, -0.05) is 27.7 Å². The van der Waals surface area contributed by atoms with Crippen molar-refractivity contribution in [1.29, 1.82) is 0 Å². The van der Waals surface area contributed by atoms with Crippen LogP contribution in [0.2, 0.25) is 0 Å². The zero-order valence-corrected chi connectivity index (χ0v) is 7.27. The zero-order valence-electron chi connectivity index (χ0n) is 7.27. The molecule has 1 aliphatic rings. The van der Waals surface area contributed by atoms with Crippen LogP contribution in [-0.2, 0) is 4.74 Å². The zero-order chi connectivity index (χ0) is 7.98. The van der Waals surface area contributed by atoms with Crippen LogP contribution in [0.3, 0.4) is 0 Å². The summed E-state index contributed by atoms with van der Waals surface area (Å²) in [5, 5.41) is 3.09. The summed E-state index contributed by atoms with van der Waals surface area (Å²) < 4.78 is 4.95. The van der Waals surface area contributed by atoms with Crippen LogP contribution < -0.4 is 5.32 Å². The van der Waals surface area contributed by atoms with E-state index in [9.17, 15) is 0 Å². The van der Waals surface area contributed by atoms with Gasteiger partial charge in [-0.15, -0.1) is 0 Å². The molecule has 0 aliphatic carbocycles. The molecule has 0 aromatic rings. The van der Waals surface area contributed by atoms with Crippen LogP contribution in [0.25, 0.3) is 0 Å². The summed E-state index contributed by atoms with van der Waals surface area (Å²) in [6, 6.07) is 0. The molecule has 0 aromatic carbocycles. The minimum absolute atomic E-state index is 0.567. The summed E-state index contributed by atoms with van der Waals surface area (Å²) in [5.74, 6) is 0.567. The van der Waals surface area contributed by atoms with E-state index >= 15 is 0 Å². The van der Waals surface area contributed by atoms with Gasteiger partial charge < -0.3 is 10.1 Å². The van der Waals surface area contributed by atoms with Crippen molar-refractivity contribution < 1.29 is 4.74 Å². The van der Waals surface area contributed by atoms with E-state index in [0.717, 1.165) is 0 Å². The van der Waals surface area contributed by atoms with E-state index < -0.39 is 0 Å². The largest absolute Gasteiger partial charge is 0.479 e. The van der Waals surface area contributed by atoms with E-state index in [2.05, 4.69) is 19.2 Å². The molecule has 0 saturated heterocycles. The Kier molecular flexibility index (Phi) is 4.81. The van der Waals surface area contributed by atoms with Gasteiger partial charge in [0.15, 0.2) is 6.73 Å². The monoisotopic (exact) mass is 143 g/mol. The lowest BCUT2D eigenvalue weighted by atomic mass is 10.2. The lowest BCUT2D eigenvalue weighted by Gasteiger charge is -2.02. The average Bonchev–Trinajstić information content (AvgIpc) is 2.42. The molecule has 1 N–H and O–H groups in total. The van der Waals surface area contributed by atoms with Gasteiger partial charge in [0, 0.05) is 0 Å². The van der Waals surface area contributed by atoms with Crippen LogP contribution >= 0.6 is 0 Å². The van der Waals surface area contributed by atoms with Crippen molar-refractivity contribution >= 4 is 0 Å². The molecule has 60 valence electrons. The highest BCUT2D eigenvalue weighted by Gasteiger charge is 2.06. The minimum atomic E-state index is 0.567. The molecule has 1 aliphatic heterocycles. The Morgan fingerprint density at radius 3 is 2.30 bits per heavy atom. The molecule has 10 heavy (non-hydrogen) atoms. The summed E-state index contributed by atoms with van der Waals surface area (Å²) in [7, 11) is 0. The topological polar surface area (TPSA) is 21.3 Å². The van der Waals surface area contributed by atoms with Crippen LogP contribution in [0.15, 0.2) is 12.0 Å². The van der Waals surface area contributed by atoms with Gasteiger partial charge in [0.1, 0.15) is 6.26 Å². The fourth-order valence-corrected chi connectivity index (χ4v) is 0.638. The van der Waals surface area contributed by atoms with E-state index in [0.29, 0.717) is 12.6 Å². The van der Waals surface area contributed by atoms with Crippen molar-refractivity contribution in [3.8, 4) is 0 Å². The maximum absolute atomic E-state index is 4.95. The smallest absolute Gasteiger partial charge is 0.158 e. The first-order valence-electron chi connectivity index (χ1n) is 3.86. The van der Waals surface area contributed by atoms with Crippen molar-refractivity contribution in [3.63, 3.8) is 0 Å².